The van der Waals surface area contributed by atoms with Crippen molar-refractivity contribution in [3.8, 4) is 17.0 Å². The van der Waals surface area contributed by atoms with Gasteiger partial charge in [-0.3, -0.25) is 4.90 Å². The van der Waals surface area contributed by atoms with E-state index in [0.717, 1.165) is 42.9 Å². The Morgan fingerprint density at radius 3 is 2.90 bits per heavy atom. The van der Waals surface area contributed by atoms with Crippen molar-refractivity contribution in [2.45, 2.75) is 31.5 Å². The first kappa shape index (κ1) is 20.2. The van der Waals surface area contributed by atoms with E-state index in [9.17, 15) is 5.11 Å². The summed E-state index contributed by atoms with van der Waals surface area (Å²) >= 11 is 5.98. The maximum Gasteiger partial charge on any atom is 0.223 e. The number of nitrogens with one attached hydrogen (secondary N) is 2. The molecular formula is C24H26ClN5O. The molecule has 0 saturated carbocycles. The molecule has 7 heteroatoms. The highest BCUT2D eigenvalue weighted by Crippen LogP contribution is 2.27. The zero-order valence-corrected chi connectivity index (χ0v) is 18.0. The standard InChI is InChI=1S/C24H26ClN5O/c25-21-11-16(4-5-23(21)31)6-8-26-24-27-9-7-22(29-24)18-3-1-2-17(10-18)14-30-15-19-12-20(30)13-28-19/h1-5,7,9-11,19-20,28,31H,6,8,12-15H2,(H,26,27,29). The molecule has 2 unspecified atom stereocenters. The fourth-order valence-electron chi connectivity index (χ4n) is 4.53. The summed E-state index contributed by atoms with van der Waals surface area (Å²) in [5.41, 5.74) is 4.39. The molecular weight excluding hydrogens is 410 g/mol. The first-order valence-corrected chi connectivity index (χ1v) is 11.1. The SMILES string of the molecule is Oc1ccc(CCNc2nccc(-c3cccc(CN4CC5CC4CN5)c3)n2)cc1Cl. The number of aromatic nitrogens is 2. The lowest BCUT2D eigenvalue weighted by Crippen LogP contribution is -2.42. The number of anilines is 1. The molecule has 2 fully saturated rings. The lowest BCUT2D eigenvalue weighted by Gasteiger charge is -2.27. The van der Waals surface area contributed by atoms with Gasteiger partial charge in [0.2, 0.25) is 5.95 Å². The van der Waals surface area contributed by atoms with E-state index < -0.39 is 0 Å². The van der Waals surface area contributed by atoms with Gasteiger partial charge in [-0.1, -0.05) is 35.9 Å². The quantitative estimate of drug-likeness (QED) is 0.525. The number of phenolic OH excluding ortho intramolecular Hbond substituents is 1. The summed E-state index contributed by atoms with van der Waals surface area (Å²) in [6.07, 6.45) is 3.83. The van der Waals surface area contributed by atoms with Crippen LogP contribution in [0.5, 0.6) is 5.75 Å². The summed E-state index contributed by atoms with van der Waals surface area (Å²) in [6.45, 7) is 3.92. The summed E-state index contributed by atoms with van der Waals surface area (Å²) in [7, 11) is 0. The van der Waals surface area contributed by atoms with Crippen LogP contribution in [0.1, 0.15) is 17.5 Å². The molecule has 0 amide bonds. The van der Waals surface area contributed by atoms with E-state index in [4.69, 9.17) is 16.6 Å². The molecule has 2 aliphatic heterocycles. The minimum atomic E-state index is 0.102. The Bertz CT molecular complexity index is 1080. The van der Waals surface area contributed by atoms with Gasteiger partial charge in [0.25, 0.3) is 0 Å². The second-order valence-corrected chi connectivity index (χ2v) is 8.76. The Balaban J connectivity index is 1.23. The molecule has 6 nitrogen and oxygen atoms in total. The average Bonchev–Trinajstić information content (AvgIpc) is 3.40. The average molecular weight is 436 g/mol. The van der Waals surface area contributed by atoms with Gasteiger partial charge >= 0.3 is 0 Å². The monoisotopic (exact) mass is 435 g/mol. The zero-order chi connectivity index (χ0) is 21.2. The Morgan fingerprint density at radius 1 is 1.16 bits per heavy atom. The normalized spacial score (nSPS) is 20.3. The summed E-state index contributed by atoms with van der Waals surface area (Å²) in [6, 6.07) is 17.2. The molecule has 2 atom stereocenters. The molecule has 1 aromatic heterocycles. The highest BCUT2D eigenvalue weighted by Gasteiger charge is 2.37. The molecule has 2 saturated heterocycles. The van der Waals surface area contributed by atoms with Crippen LogP contribution < -0.4 is 10.6 Å². The van der Waals surface area contributed by atoms with Gasteiger partial charge in [0.15, 0.2) is 0 Å². The highest BCUT2D eigenvalue weighted by molar-refractivity contribution is 6.32. The number of halogens is 1. The fourth-order valence-corrected chi connectivity index (χ4v) is 4.74. The number of nitrogens with zero attached hydrogens (tertiary/aromatic N) is 3. The third-order valence-corrected chi connectivity index (χ3v) is 6.45. The summed E-state index contributed by atoms with van der Waals surface area (Å²) in [5.74, 6) is 0.709. The zero-order valence-electron chi connectivity index (χ0n) is 17.3. The van der Waals surface area contributed by atoms with E-state index in [1.807, 2.05) is 12.1 Å². The summed E-state index contributed by atoms with van der Waals surface area (Å²) in [4.78, 5) is 11.6. The van der Waals surface area contributed by atoms with Gasteiger partial charge in [-0.15, -0.1) is 0 Å². The Labute approximate surface area is 187 Å². The number of phenols is 1. The molecule has 160 valence electrons. The summed E-state index contributed by atoms with van der Waals surface area (Å²) in [5, 5.41) is 16.8. The van der Waals surface area contributed by atoms with Gasteiger partial charge in [0.1, 0.15) is 5.75 Å². The third-order valence-electron chi connectivity index (χ3n) is 6.14. The smallest absolute Gasteiger partial charge is 0.223 e. The number of hydrogen-bond acceptors (Lipinski definition) is 6. The van der Waals surface area contributed by atoms with Crippen LogP contribution >= 0.6 is 11.6 Å². The first-order chi connectivity index (χ1) is 15.1. The van der Waals surface area contributed by atoms with E-state index in [1.54, 1.807) is 18.3 Å². The Hall–Kier alpha value is -2.67. The fraction of sp³-hybridized carbons (Fsp3) is 0.333. The van der Waals surface area contributed by atoms with E-state index >= 15 is 0 Å². The number of hydrogen-bond donors (Lipinski definition) is 3. The van der Waals surface area contributed by atoms with Crippen molar-refractivity contribution >= 4 is 17.5 Å². The second-order valence-electron chi connectivity index (χ2n) is 8.35. The van der Waals surface area contributed by atoms with E-state index in [1.165, 1.54) is 12.0 Å². The molecule has 2 aliphatic rings. The molecule has 3 N–H and O–H groups in total. The molecule has 0 radical (unpaired) electrons. The van der Waals surface area contributed by atoms with Crippen LogP contribution in [0.3, 0.4) is 0 Å². The van der Waals surface area contributed by atoms with E-state index in [0.29, 0.717) is 29.6 Å². The van der Waals surface area contributed by atoms with Crippen molar-refractivity contribution < 1.29 is 5.11 Å². The van der Waals surface area contributed by atoms with Crippen molar-refractivity contribution in [1.29, 1.82) is 0 Å². The number of aromatic hydroxyl groups is 1. The summed E-state index contributed by atoms with van der Waals surface area (Å²) < 4.78 is 0. The lowest BCUT2D eigenvalue weighted by molar-refractivity contribution is 0.218. The molecule has 31 heavy (non-hydrogen) atoms. The van der Waals surface area contributed by atoms with Crippen LogP contribution in [0.4, 0.5) is 5.95 Å². The van der Waals surface area contributed by atoms with Gasteiger partial charge in [-0.25, -0.2) is 9.97 Å². The topological polar surface area (TPSA) is 73.3 Å². The van der Waals surface area contributed by atoms with E-state index in [2.05, 4.69) is 44.8 Å². The molecule has 3 aromatic rings. The number of piperazine rings is 1. The largest absolute Gasteiger partial charge is 0.506 e. The van der Waals surface area contributed by atoms with Crippen molar-refractivity contribution in [2.24, 2.45) is 0 Å². The van der Waals surface area contributed by atoms with Gasteiger partial charge in [0.05, 0.1) is 10.7 Å². The predicted molar refractivity (Wildman–Crippen MR) is 123 cm³/mol. The Kier molecular flexibility index (Phi) is 5.76. The predicted octanol–water partition coefficient (Wildman–Crippen LogP) is 3.70. The molecule has 5 rings (SSSR count). The first-order valence-electron chi connectivity index (χ1n) is 10.7. The molecule has 0 spiro atoms. The van der Waals surface area contributed by atoms with Gasteiger partial charge in [-0.05, 0) is 48.2 Å². The van der Waals surface area contributed by atoms with Crippen LogP contribution in [0.2, 0.25) is 5.02 Å². The number of likely N-dealkylation sites (tertiary alicyclic amines) is 1. The van der Waals surface area contributed by atoms with E-state index in [-0.39, 0.29) is 5.75 Å². The van der Waals surface area contributed by atoms with Crippen molar-refractivity contribution in [3.63, 3.8) is 0 Å². The molecule has 2 aromatic carbocycles. The van der Waals surface area contributed by atoms with Crippen LogP contribution in [0.15, 0.2) is 54.7 Å². The third kappa shape index (κ3) is 4.66. The molecule has 0 aliphatic carbocycles. The van der Waals surface area contributed by atoms with Crippen molar-refractivity contribution in [3.05, 3.63) is 70.9 Å². The molecule has 2 bridgehead atoms. The van der Waals surface area contributed by atoms with Gasteiger partial charge < -0.3 is 15.7 Å². The number of fused-ring (bicyclic) bond motifs is 2. The minimum absolute atomic E-state index is 0.102. The van der Waals surface area contributed by atoms with Gasteiger partial charge in [-0.2, -0.15) is 0 Å². The molecule has 3 heterocycles. The maximum atomic E-state index is 9.54. The van der Waals surface area contributed by atoms with Crippen molar-refractivity contribution in [1.82, 2.24) is 20.2 Å². The minimum Gasteiger partial charge on any atom is -0.506 e. The lowest BCUT2D eigenvalue weighted by atomic mass is 10.1. The highest BCUT2D eigenvalue weighted by atomic mass is 35.5. The van der Waals surface area contributed by atoms with Crippen LogP contribution in [0.25, 0.3) is 11.3 Å². The van der Waals surface area contributed by atoms with Crippen LogP contribution in [0, 0.1) is 0 Å². The number of rotatable bonds is 7. The van der Waals surface area contributed by atoms with Crippen LogP contribution in [-0.2, 0) is 13.0 Å². The van der Waals surface area contributed by atoms with Gasteiger partial charge in [0, 0.05) is 50.0 Å². The van der Waals surface area contributed by atoms with Crippen molar-refractivity contribution in [2.75, 3.05) is 25.0 Å². The second kappa shape index (κ2) is 8.83. The Morgan fingerprint density at radius 2 is 2.10 bits per heavy atom. The number of benzene rings is 2. The van der Waals surface area contributed by atoms with Crippen LogP contribution in [-0.4, -0.2) is 51.7 Å². The maximum absolute atomic E-state index is 9.54.